The SMILES string of the molecule is CC(=O)c1ccnc(N)c1.COC(=O)c1ccnc(N)c1.[CH3-].[Li+]. The number of anilines is 2. The molecule has 2 aromatic rings. The molecule has 8 heteroatoms. The number of hydrogen-bond acceptors (Lipinski definition) is 7. The molecule has 0 aliphatic rings. The van der Waals surface area contributed by atoms with E-state index < -0.39 is 5.97 Å². The third kappa shape index (κ3) is 8.00. The first-order valence-electron chi connectivity index (χ1n) is 5.96. The van der Waals surface area contributed by atoms with E-state index in [9.17, 15) is 9.59 Å². The quantitative estimate of drug-likeness (QED) is 0.308. The van der Waals surface area contributed by atoms with Crippen LogP contribution >= 0.6 is 0 Å². The Morgan fingerprint density at radius 1 is 1.00 bits per heavy atom. The number of nitrogen functional groups attached to an aromatic ring is 2. The van der Waals surface area contributed by atoms with Crippen LogP contribution in [0.5, 0.6) is 0 Å². The first-order chi connectivity index (χ1) is 9.93. The molecule has 23 heavy (non-hydrogen) atoms. The predicted molar refractivity (Wildman–Crippen MR) is 85.1 cm³/mol. The smallest absolute Gasteiger partial charge is 0.465 e. The second kappa shape index (κ2) is 11.2. The first-order valence-corrected chi connectivity index (χ1v) is 5.96. The van der Waals surface area contributed by atoms with E-state index >= 15 is 0 Å². The zero-order valence-corrected chi connectivity index (χ0v) is 13.7. The molecule has 118 valence electrons. The summed E-state index contributed by atoms with van der Waals surface area (Å²) in [5.41, 5.74) is 11.7. The number of methoxy groups -OCH3 is 1. The zero-order chi connectivity index (χ0) is 15.8. The van der Waals surface area contributed by atoms with Crippen molar-refractivity contribution in [3.05, 3.63) is 55.2 Å². The zero-order valence-electron chi connectivity index (χ0n) is 13.7. The standard InChI is InChI=1S/C7H8N2O2.C7H8N2O.CH3.Li/c1-11-7(10)5-2-3-9-6(8)4-5;1-5(10)6-2-3-9-7(8)4-6;;/h2-4H,1H3,(H2,8,9);2-4H,1H3,(H2,8,9);1H3;/q;;-1;+1. The van der Waals surface area contributed by atoms with Crippen molar-refractivity contribution in [2.24, 2.45) is 0 Å². The minimum atomic E-state index is -0.404. The number of hydrogen-bond donors (Lipinski definition) is 2. The molecule has 0 unspecified atom stereocenters. The number of ether oxygens (including phenoxy) is 1. The number of esters is 1. The summed E-state index contributed by atoms with van der Waals surface area (Å²) < 4.78 is 4.47. The van der Waals surface area contributed by atoms with Crippen molar-refractivity contribution in [1.29, 1.82) is 0 Å². The van der Waals surface area contributed by atoms with Gasteiger partial charge in [-0.25, -0.2) is 14.8 Å². The van der Waals surface area contributed by atoms with Gasteiger partial charge in [-0.05, 0) is 31.2 Å². The van der Waals surface area contributed by atoms with Crippen molar-refractivity contribution in [3.63, 3.8) is 0 Å². The van der Waals surface area contributed by atoms with Gasteiger partial charge in [-0.15, -0.1) is 0 Å². The first kappa shape index (κ1) is 22.9. The average molecular weight is 310 g/mol. The summed E-state index contributed by atoms with van der Waals surface area (Å²) in [5.74, 6) is 0.300. The Bertz CT molecular complexity index is 650. The van der Waals surface area contributed by atoms with E-state index in [-0.39, 0.29) is 32.1 Å². The Kier molecular flexibility index (Phi) is 11.2. The predicted octanol–water partition coefficient (Wildman–Crippen LogP) is -1.23. The summed E-state index contributed by atoms with van der Waals surface area (Å²) in [6, 6.07) is 6.20. The fraction of sp³-hybridized carbons (Fsp3) is 0.133. The van der Waals surface area contributed by atoms with Crippen molar-refractivity contribution >= 4 is 23.4 Å². The number of ketones is 1. The molecule has 0 aromatic carbocycles. The molecule has 0 bridgehead atoms. The molecule has 0 saturated heterocycles. The van der Waals surface area contributed by atoms with Crippen molar-refractivity contribution in [3.8, 4) is 0 Å². The van der Waals surface area contributed by atoms with Gasteiger partial charge in [0.1, 0.15) is 11.6 Å². The van der Waals surface area contributed by atoms with Crippen molar-refractivity contribution < 1.29 is 33.2 Å². The van der Waals surface area contributed by atoms with Gasteiger partial charge in [-0.1, -0.05) is 0 Å². The number of carbonyl (C=O) groups is 2. The Morgan fingerprint density at radius 3 is 1.78 bits per heavy atom. The third-order valence-electron chi connectivity index (χ3n) is 2.39. The molecule has 0 aliphatic carbocycles. The van der Waals surface area contributed by atoms with Crippen LogP contribution in [-0.2, 0) is 4.74 Å². The molecule has 4 N–H and O–H groups in total. The van der Waals surface area contributed by atoms with Gasteiger partial charge in [0.15, 0.2) is 5.78 Å². The summed E-state index contributed by atoms with van der Waals surface area (Å²) >= 11 is 0. The number of carbonyl (C=O) groups excluding carboxylic acids is 2. The number of nitrogens with two attached hydrogens (primary N) is 2. The summed E-state index contributed by atoms with van der Waals surface area (Å²) in [6.45, 7) is 1.49. The van der Waals surface area contributed by atoms with Crippen LogP contribution in [0.3, 0.4) is 0 Å². The van der Waals surface area contributed by atoms with E-state index in [1.165, 1.54) is 32.5 Å². The molecule has 0 aliphatic heterocycles. The third-order valence-corrected chi connectivity index (χ3v) is 2.39. The largest absolute Gasteiger partial charge is 1.00 e. The molecule has 0 radical (unpaired) electrons. The number of pyridine rings is 2. The molecule has 2 heterocycles. The van der Waals surface area contributed by atoms with Gasteiger partial charge in [-0.3, -0.25) is 4.79 Å². The topological polar surface area (TPSA) is 121 Å². The number of nitrogens with zero attached hydrogens (tertiary/aromatic N) is 2. The molecular weight excluding hydrogens is 291 g/mol. The van der Waals surface area contributed by atoms with Crippen LogP contribution in [0.15, 0.2) is 36.7 Å². The van der Waals surface area contributed by atoms with Crippen LogP contribution in [0.25, 0.3) is 0 Å². The minimum Gasteiger partial charge on any atom is -0.465 e. The Hall–Kier alpha value is -2.36. The van der Waals surface area contributed by atoms with E-state index in [2.05, 4.69) is 14.7 Å². The van der Waals surface area contributed by atoms with Gasteiger partial charge >= 0.3 is 24.8 Å². The van der Waals surface area contributed by atoms with E-state index in [4.69, 9.17) is 11.5 Å². The normalized spacial score (nSPS) is 8.43. The van der Waals surface area contributed by atoms with Gasteiger partial charge < -0.3 is 23.6 Å². The van der Waals surface area contributed by atoms with Crippen LogP contribution in [0.2, 0.25) is 0 Å². The van der Waals surface area contributed by atoms with E-state index in [1.807, 2.05) is 0 Å². The molecule has 0 atom stereocenters. The van der Waals surface area contributed by atoms with Crippen molar-refractivity contribution in [2.75, 3.05) is 18.6 Å². The van der Waals surface area contributed by atoms with Gasteiger partial charge in [0.2, 0.25) is 0 Å². The molecular formula is C15H19LiN4O3. The summed E-state index contributed by atoms with van der Waals surface area (Å²) in [7, 11) is 1.32. The number of Topliss-reactive ketones (excluding diaryl/α,β-unsaturated/α-hetero) is 1. The Labute approximate surface area is 147 Å². The maximum absolute atomic E-state index is 10.9. The van der Waals surface area contributed by atoms with Crippen molar-refractivity contribution in [2.45, 2.75) is 6.92 Å². The van der Waals surface area contributed by atoms with Crippen LogP contribution in [0, 0.1) is 7.43 Å². The van der Waals surface area contributed by atoms with Crippen LogP contribution in [0.4, 0.5) is 11.6 Å². The van der Waals surface area contributed by atoms with Gasteiger partial charge in [0.05, 0.1) is 12.7 Å². The number of rotatable bonds is 2. The maximum Gasteiger partial charge on any atom is 1.00 e. The monoisotopic (exact) mass is 310 g/mol. The van der Waals surface area contributed by atoms with Crippen LogP contribution in [0.1, 0.15) is 27.6 Å². The summed E-state index contributed by atoms with van der Waals surface area (Å²) in [4.78, 5) is 29.0. The van der Waals surface area contributed by atoms with Gasteiger partial charge in [-0.2, -0.15) is 0 Å². The molecule has 0 amide bonds. The summed E-state index contributed by atoms with van der Waals surface area (Å²) in [6.07, 6.45) is 2.98. The molecule has 0 saturated carbocycles. The fourth-order valence-corrected chi connectivity index (χ4v) is 1.36. The molecule has 0 spiro atoms. The van der Waals surface area contributed by atoms with E-state index in [1.54, 1.807) is 18.2 Å². The summed E-state index contributed by atoms with van der Waals surface area (Å²) in [5, 5.41) is 0. The fourth-order valence-electron chi connectivity index (χ4n) is 1.36. The van der Waals surface area contributed by atoms with Gasteiger partial charge in [0, 0.05) is 18.0 Å². The van der Waals surface area contributed by atoms with Crippen LogP contribution in [-0.4, -0.2) is 28.8 Å². The Morgan fingerprint density at radius 2 is 1.43 bits per heavy atom. The second-order valence-corrected chi connectivity index (χ2v) is 3.99. The maximum atomic E-state index is 10.9. The Balaban J connectivity index is 0. The van der Waals surface area contributed by atoms with E-state index in [0.29, 0.717) is 22.8 Å². The number of aromatic nitrogens is 2. The van der Waals surface area contributed by atoms with Crippen molar-refractivity contribution in [1.82, 2.24) is 9.97 Å². The van der Waals surface area contributed by atoms with E-state index in [0.717, 1.165) is 0 Å². The molecule has 2 rings (SSSR count). The molecule has 2 aromatic heterocycles. The van der Waals surface area contributed by atoms with Crippen LogP contribution < -0.4 is 30.3 Å². The molecule has 0 fully saturated rings. The minimum absolute atomic E-state index is 0. The average Bonchev–Trinajstić information content (AvgIpc) is 2.47. The van der Waals surface area contributed by atoms with Gasteiger partial charge in [0.25, 0.3) is 0 Å². The molecule has 7 nitrogen and oxygen atoms in total. The second-order valence-electron chi connectivity index (χ2n) is 3.99.